The number of primary amides is 1. The third-order valence-corrected chi connectivity index (χ3v) is 3.50. The second-order valence-electron chi connectivity index (χ2n) is 3.54. The molecule has 82 valence electrons. The molecule has 1 aliphatic rings. The van der Waals surface area contributed by atoms with Gasteiger partial charge in [0.1, 0.15) is 0 Å². The van der Waals surface area contributed by atoms with Crippen LogP contribution in [-0.4, -0.2) is 27.7 Å². The number of carbonyl (C=O) groups excluding carboxylic acids is 1. The lowest BCUT2D eigenvalue weighted by molar-refractivity contribution is -0.122. The molecular weight excluding hydrogens is 236 g/mol. The van der Waals surface area contributed by atoms with E-state index in [1.807, 2.05) is 4.90 Å². The van der Waals surface area contributed by atoms with Crippen molar-refractivity contribution in [3.05, 3.63) is 5.15 Å². The number of nitrogens with zero attached hydrogens (tertiary/aromatic N) is 3. The van der Waals surface area contributed by atoms with E-state index >= 15 is 0 Å². The maximum atomic E-state index is 11.0. The van der Waals surface area contributed by atoms with Gasteiger partial charge in [-0.1, -0.05) is 11.6 Å². The molecule has 0 unspecified atom stereocenters. The van der Waals surface area contributed by atoms with Crippen LogP contribution in [-0.2, 0) is 4.79 Å². The highest BCUT2D eigenvalue weighted by atomic mass is 35.5. The molecule has 1 saturated heterocycles. The number of aromatic nitrogens is 2. The summed E-state index contributed by atoms with van der Waals surface area (Å²) in [5, 5.41) is 0.442. The fraction of sp³-hybridized carbons (Fsp3) is 0.625. The average molecular weight is 247 g/mol. The summed E-state index contributed by atoms with van der Waals surface area (Å²) >= 11 is 6.98. The lowest BCUT2D eigenvalue weighted by atomic mass is 9.96. The Morgan fingerprint density at radius 1 is 1.47 bits per heavy atom. The Balaban J connectivity index is 2.00. The van der Waals surface area contributed by atoms with E-state index in [2.05, 4.69) is 8.75 Å². The SMILES string of the molecule is NC(=O)C1CCN(c2nsnc2Cl)CC1. The molecule has 2 N–H and O–H groups in total. The van der Waals surface area contributed by atoms with Crippen LogP contribution in [0.1, 0.15) is 12.8 Å². The Hall–Kier alpha value is -0.880. The number of nitrogens with two attached hydrogens (primary N) is 1. The lowest BCUT2D eigenvalue weighted by Crippen LogP contribution is -2.38. The molecule has 1 fully saturated rings. The second kappa shape index (κ2) is 4.32. The zero-order valence-electron chi connectivity index (χ0n) is 8.02. The van der Waals surface area contributed by atoms with Crippen LogP contribution in [0.4, 0.5) is 5.82 Å². The van der Waals surface area contributed by atoms with E-state index in [1.54, 1.807) is 0 Å². The molecule has 1 aromatic rings. The minimum absolute atomic E-state index is 0.00776. The Kier molecular flexibility index (Phi) is 3.06. The number of piperidine rings is 1. The number of hydrogen-bond donors (Lipinski definition) is 1. The molecule has 15 heavy (non-hydrogen) atoms. The first-order chi connectivity index (χ1) is 7.18. The monoisotopic (exact) mass is 246 g/mol. The van der Waals surface area contributed by atoms with E-state index in [9.17, 15) is 4.79 Å². The van der Waals surface area contributed by atoms with Crippen LogP contribution >= 0.6 is 23.3 Å². The standard InChI is InChI=1S/C8H11ClN4OS/c9-6-8(12-15-11-6)13-3-1-5(2-4-13)7(10)14/h5H,1-4H2,(H2,10,14). The van der Waals surface area contributed by atoms with Crippen molar-refractivity contribution in [3.63, 3.8) is 0 Å². The summed E-state index contributed by atoms with van der Waals surface area (Å²) in [7, 11) is 0. The molecule has 0 spiro atoms. The highest BCUT2D eigenvalue weighted by Gasteiger charge is 2.25. The van der Waals surface area contributed by atoms with E-state index in [4.69, 9.17) is 17.3 Å². The predicted octanol–water partition coefficient (Wildman–Crippen LogP) is 0.893. The zero-order chi connectivity index (χ0) is 10.8. The van der Waals surface area contributed by atoms with E-state index < -0.39 is 0 Å². The fourth-order valence-electron chi connectivity index (χ4n) is 1.74. The van der Waals surface area contributed by atoms with Crippen molar-refractivity contribution in [3.8, 4) is 0 Å². The van der Waals surface area contributed by atoms with Crippen LogP contribution in [0.2, 0.25) is 5.15 Å². The molecule has 0 atom stereocenters. The highest BCUT2D eigenvalue weighted by molar-refractivity contribution is 6.99. The lowest BCUT2D eigenvalue weighted by Gasteiger charge is -2.30. The van der Waals surface area contributed by atoms with Gasteiger partial charge in [0.25, 0.3) is 0 Å². The summed E-state index contributed by atoms with van der Waals surface area (Å²) in [6.07, 6.45) is 1.53. The van der Waals surface area contributed by atoms with Gasteiger partial charge >= 0.3 is 0 Å². The molecule has 7 heteroatoms. The average Bonchev–Trinajstić information content (AvgIpc) is 2.65. The first-order valence-electron chi connectivity index (χ1n) is 4.71. The van der Waals surface area contributed by atoms with Gasteiger partial charge in [-0.3, -0.25) is 4.79 Å². The first-order valence-corrected chi connectivity index (χ1v) is 5.81. The Labute approximate surface area is 96.5 Å². The number of carbonyl (C=O) groups is 1. The normalized spacial score (nSPS) is 18.1. The van der Waals surface area contributed by atoms with Gasteiger partial charge in [-0.05, 0) is 12.8 Å². The number of anilines is 1. The number of hydrogen-bond acceptors (Lipinski definition) is 5. The fourth-order valence-corrected chi connectivity index (χ4v) is 2.52. The molecule has 1 amide bonds. The largest absolute Gasteiger partial charge is 0.369 e. The van der Waals surface area contributed by atoms with Gasteiger partial charge in [0, 0.05) is 19.0 Å². The van der Waals surface area contributed by atoms with Crippen LogP contribution in [0.15, 0.2) is 0 Å². The van der Waals surface area contributed by atoms with Crippen molar-refractivity contribution in [2.24, 2.45) is 11.7 Å². The summed E-state index contributed by atoms with van der Waals surface area (Å²) in [6, 6.07) is 0. The molecule has 1 aliphatic heterocycles. The summed E-state index contributed by atoms with van der Waals surface area (Å²) in [5.74, 6) is 0.508. The number of amides is 1. The van der Waals surface area contributed by atoms with E-state index in [-0.39, 0.29) is 11.8 Å². The zero-order valence-corrected chi connectivity index (χ0v) is 9.59. The van der Waals surface area contributed by atoms with Gasteiger partial charge < -0.3 is 10.6 Å². The van der Waals surface area contributed by atoms with Gasteiger partial charge in [-0.15, -0.1) is 0 Å². The minimum Gasteiger partial charge on any atom is -0.369 e. The molecule has 0 aliphatic carbocycles. The molecule has 5 nitrogen and oxygen atoms in total. The predicted molar refractivity (Wildman–Crippen MR) is 59.1 cm³/mol. The maximum absolute atomic E-state index is 11.0. The van der Waals surface area contributed by atoms with Crippen molar-refractivity contribution < 1.29 is 4.79 Å². The van der Waals surface area contributed by atoms with Gasteiger partial charge in [0.2, 0.25) is 5.91 Å². The van der Waals surface area contributed by atoms with Gasteiger partial charge in [-0.2, -0.15) is 8.75 Å². The van der Waals surface area contributed by atoms with Gasteiger partial charge in [-0.25, -0.2) is 0 Å². The Morgan fingerprint density at radius 2 is 2.13 bits per heavy atom. The molecule has 1 aromatic heterocycles. The van der Waals surface area contributed by atoms with E-state index in [0.29, 0.717) is 5.15 Å². The van der Waals surface area contributed by atoms with Crippen LogP contribution < -0.4 is 10.6 Å². The summed E-state index contributed by atoms with van der Waals surface area (Å²) in [6.45, 7) is 1.53. The molecule has 0 bridgehead atoms. The number of halogens is 1. The van der Waals surface area contributed by atoms with Crippen molar-refractivity contribution >= 4 is 35.1 Å². The molecule has 2 rings (SSSR count). The first kappa shape index (κ1) is 10.6. The van der Waals surface area contributed by atoms with Crippen LogP contribution in [0.5, 0.6) is 0 Å². The van der Waals surface area contributed by atoms with Crippen molar-refractivity contribution in [2.75, 3.05) is 18.0 Å². The minimum atomic E-state index is -0.211. The van der Waals surface area contributed by atoms with Crippen molar-refractivity contribution in [1.29, 1.82) is 0 Å². The summed E-state index contributed by atoms with van der Waals surface area (Å²) in [4.78, 5) is 13.0. The van der Waals surface area contributed by atoms with Crippen molar-refractivity contribution in [1.82, 2.24) is 8.75 Å². The summed E-state index contributed by atoms with van der Waals surface area (Å²) in [5.41, 5.74) is 5.25. The second-order valence-corrected chi connectivity index (χ2v) is 4.43. The third-order valence-electron chi connectivity index (χ3n) is 2.63. The van der Waals surface area contributed by atoms with Crippen LogP contribution in [0, 0.1) is 5.92 Å². The highest BCUT2D eigenvalue weighted by Crippen LogP contribution is 2.27. The molecule has 0 radical (unpaired) electrons. The topological polar surface area (TPSA) is 72.1 Å². The van der Waals surface area contributed by atoms with Gasteiger partial charge in [0.05, 0.1) is 11.7 Å². The van der Waals surface area contributed by atoms with Crippen molar-refractivity contribution in [2.45, 2.75) is 12.8 Å². The number of rotatable bonds is 2. The smallest absolute Gasteiger partial charge is 0.220 e. The van der Waals surface area contributed by atoms with Crippen LogP contribution in [0.3, 0.4) is 0 Å². The third kappa shape index (κ3) is 2.21. The van der Waals surface area contributed by atoms with Gasteiger partial charge in [0.15, 0.2) is 11.0 Å². The van der Waals surface area contributed by atoms with E-state index in [1.165, 1.54) is 0 Å². The Morgan fingerprint density at radius 3 is 2.60 bits per heavy atom. The maximum Gasteiger partial charge on any atom is 0.220 e. The molecule has 2 heterocycles. The Bertz CT molecular complexity index is 361. The molecular formula is C8H11ClN4OS. The quantitative estimate of drug-likeness (QED) is 0.841. The summed E-state index contributed by atoms with van der Waals surface area (Å²) < 4.78 is 8.03. The van der Waals surface area contributed by atoms with Crippen LogP contribution in [0.25, 0.3) is 0 Å². The molecule has 0 aromatic carbocycles. The van der Waals surface area contributed by atoms with E-state index in [0.717, 1.165) is 43.5 Å². The molecule has 0 saturated carbocycles.